The van der Waals surface area contributed by atoms with Crippen molar-refractivity contribution in [3.05, 3.63) is 58.1 Å². The number of rotatable bonds is 6. The van der Waals surface area contributed by atoms with Crippen molar-refractivity contribution in [1.29, 1.82) is 0 Å². The maximum atomic E-state index is 13.2. The highest BCUT2D eigenvalue weighted by Gasteiger charge is 2.31. The molecular weight excluding hydrogens is 541 g/mol. The Morgan fingerprint density at radius 2 is 1.71 bits per heavy atom. The first-order chi connectivity index (χ1) is 17.9. The molecule has 0 aliphatic carbocycles. The third-order valence-corrected chi connectivity index (χ3v) is 8.06. The number of nitrogens with zero attached hydrogens (tertiary/aromatic N) is 5. The number of thioether (sulfide) groups is 1. The highest BCUT2D eigenvalue weighted by molar-refractivity contribution is 7.99. The second-order valence-corrected chi connectivity index (χ2v) is 12.7. The Morgan fingerprint density at radius 1 is 1.00 bits per heavy atom. The summed E-state index contributed by atoms with van der Waals surface area (Å²) in [7, 11) is 0. The van der Waals surface area contributed by atoms with Crippen molar-refractivity contribution >= 4 is 46.8 Å². The zero-order chi connectivity index (χ0) is 27.6. The van der Waals surface area contributed by atoms with Gasteiger partial charge in [0.25, 0.3) is 0 Å². The summed E-state index contributed by atoms with van der Waals surface area (Å²) < 4.78 is 1.90. The number of aromatic nitrogens is 3. The van der Waals surface area contributed by atoms with Crippen LogP contribution in [0, 0.1) is 12.3 Å². The van der Waals surface area contributed by atoms with E-state index in [-0.39, 0.29) is 29.0 Å². The number of halogens is 2. The van der Waals surface area contributed by atoms with Gasteiger partial charge in [0.15, 0.2) is 11.0 Å². The molecular formula is C28H33Cl2N5O2S. The first kappa shape index (κ1) is 28.5. The molecule has 0 N–H and O–H groups in total. The van der Waals surface area contributed by atoms with E-state index in [4.69, 9.17) is 23.2 Å². The number of hydrogen-bond acceptors (Lipinski definition) is 5. The zero-order valence-corrected chi connectivity index (χ0v) is 24.7. The van der Waals surface area contributed by atoms with Gasteiger partial charge in [-0.2, -0.15) is 0 Å². The SMILES string of the molecule is Cc1ccc(-c2nnc(SCC(=O)N3CCN(C(=O)CC(C)(C)C)C(C)C3)n2-c2ccc(Cl)c(Cl)c2)cc1. The van der Waals surface area contributed by atoms with Gasteiger partial charge in [0.2, 0.25) is 11.8 Å². The third-order valence-electron chi connectivity index (χ3n) is 6.41. The summed E-state index contributed by atoms with van der Waals surface area (Å²) in [5.74, 6) is 1.00. The molecule has 0 bridgehead atoms. The maximum absolute atomic E-state index is 13.2. The normalized spacial score (nSPS) is 16.1. The van der Waals surface area contributed by atoms with Crippen LogP contribution in [0.25, 0.3) is 17.1 Å². The van der Waals surface area contributed by atoms with Crippen LogP contribution in [0.15, 0.2) is 47.6 Å². The number of carbonyl (C=O) groups is 2. The van der Waals surface area contributed by atoms with Crippen LogP contribution in [0.4, 0.5) is 0 Å². The molecule has 1 unspecified atom stereocenters. The van der Waals surface area contributed by atoms with Crippen LogP contribution < -0.4 is 0 Å². The van der Waals surface area contributed by atoms with Crippen molar-refractivity contribution in [2.24, 2.45) is 5.41 Å². The highest BCUT2D eigenvalue weighted by Crippen LogP contribution is 2.32. The van der Waals surface area contributed by atoms with Gasteiger partial charge in [-0.1, -0.05) is 85.6 Å². The summed E-state index contributed by atoms with van der Waals surface area (Å²) >= 11 is 13.8. The summed E-state index contributed by atoms with van der Waals surface area (Å²) in [5, 5.41) is 10.3. The van der Waals surface area contributed by atoms with Crippen molar-refractivity contribution in [2.75, 3.05) is 25.4 Å². The Kier molecular flexibility index (Phi) is 8.75. The first-order valence-electron chi connectivity index (χ1n) is 12.6. The maximum Gasteiger partial charge on any atom is 0.233 e. The van der Waals surface area contributed by atoms with Crippen molar-refractivity contribution < 1.29 is 9.59 Å². The molecule has 10 heteroatoms. The van der Waals surface area contributed by atoms with Crippen molar-refractivity contribution in [2.45, 2.75) is 52.2 Å². The number of piperazine rings is 1. The number of hydrogen-bond donors (Lipinski definition) is 0. The molecule has 2 aromatic carbocycles. The molecule has 2 heterocycles. The smallest absolute Gasteiger partial charge is 0.233 e. The van der Waals surface area contributed by atoms with Crippen LogP contribution in [0.3, 0.4) is 0 Å². The van der Waals surface area contributed by atoms with E-state index in [1.807, 2.05) is 58.5 Å². The Hall–Kier alpha value is -2.55. The number of amides is 2. The van der Waals surface area contributed by atoms with E-state index in [1.54, 1.807) is 12.1 Å². The lowest BCUT2D eigenvalue weighted by atomic mass is 9.91. The Morgan fingerprint density at radius 3 is 2.34 bits per heavy atom. The summed E-state index contributed by atoms with van der Waals surface area (Å²) in [6, 6.07) is 13.4. The highest BCUT2D eigenvalue weighted by atomic mass is 35.5. The molecule has 1 fully saturated rings. The van der Waals surface area contributed by atoms with E-state index in [0.717, 1.165) is 16.8 Å². The van der Waals surface area contributed by atoms with Crippen molar-refractivity contribution in [3.8, 4) is 17.1 Å². The Labute approximate surface area is 238 Å². The van der Waals surface area contributed by atoms with Crippen LogP contribution in [0.1, 0.15) is 39.7 Å². The molecule has 202 valence electrons. The molecule has 1 aliphatic rings. The third kappa shape index (κ3) is 6.71. The van der Waals surface area contributed by atoms with Crippen molar-refractivity contribution in [1.82, 2.24) is 24.6 Å². The van der Waals surface area contributed by atoms with Gasteiger partial charge in [-0.25, -0.2) is 0 Å². The minimum Gasteiger partial charge on any atom is -0.338 e. The second kappa shape index (κ2) is 11.7. The molecule has 0 spiro atoms. The average molecular weight is 575 g/mol. The fraction of sp³-hybridized carbons (Fsp3) is 0.429. The first-order valence-corrected chi connectivity index (χ1v) is 14.3. The predicted octanol–water partition coefficient (Wildman–Crippen LogP) is 6.14. The van der Waals surface area contributed by atoms with E-state index in [1.165, 1.54) is 11.8 Å². The lowest BCUT2D eigenvalue weighted by molar-refractivity contribution is -0.142. The molecule has 1 aliphatic heterocycles. The topological polar surface area (TPSA) is 71.3 Å². The molecule has 3 aromatic rings. The fourth-order valence-corrected chi connectivity index (χ4v) is 5.58. The Bertz CT molecular complexity index is 1320. The largest absolute Gasteiger partial charge is 0.338 e. The van der Waals surface area contributed by atoms with Crippen molar-refractivity contribution in [3.63, 3.8) is 0 Å². The minimum absolute atomic E-state index is 0.00495. The monoisotopic (exact) mass is 573 g/mol. The number of benzene rings is 2. The summed E-state index contributed by atoms with van der Waals surface area (Å²) in [5.41, 5.74) is 2.73. The van der Waals surface area contributed by atoms with E-state index in [2.05, 4.69) is 31.0 Å². The Balaban J connectivity index is 1.50. The molecule has 0 radical (unpaired) electrons. The summed E-state index contributed by atoms with van der Waals surface area (Å²) in [6.45, 7) is 11.8. The lowest BCUT2D eigenvalue weighted by Crippen LogP contribution is -2.56. The van der Waals surface area contributed by atoms with E-state index < -0.39 is 0 Å². The lowest BCUT2D eigenvalue weighted by Gasteiger charge is -2.40. The van der Waals surface area contributed by atoms with Crippen LogP contribution in [0.5, 0.6) is 0 Å². The number of carbonyl (C=O) groups excluding carboxylic acids is 2. The minimum atomic E-state index is -0.0674. The second-order valence-electron chi connectivity index (χ2n) is 10.9. The van der Waals surface area contributed by atoms with Gasteiger partial charge in [-0.15, -0.1) is 10.2 Å². The van der Waals surface area contributed by atoms with Crippen LogP contribution in [0.2, 0.25) is 10.0 Å². The van der Waals surface area contributed by atoms with Crippen LogP contribution >= 0.6 is 35.0 Å². The molecule has 1 atom stereocenters. The molecule has 38 heavy (non-hydrogen) atoms. The van der Waals surface area contributed by atoms with Crippen LogP contribution in [-0.2, 0) is 9.59 Å². The van der Waals surface area contributed by atoms with E-state index in [9.17, 15) is 9.59 Å². The summed E-state index contributed by atoms with van der Waals surface area (Å²) in [6.07, 6.45) is 0.495. The summed E-state index contributed by atoms with van der Waals surface area (Å²) in [4.78, 5) is 29.7. The molecule has 2 amide bonds. The zero-order valence-electron chi connectivity index (χ0n) is 22.4. The van der Waals surface area contributed by atoms with Gasteiger partial charge in [0, 0.05) is 37.7 Å². The fourth-order valence-electron chi connectivity index (χ4n) is 4.44. The average Bonchev–Trinajstić information content (AvgIpc) is 3.27. The standard InChI is InChI=1S/C28H33Cl2N5O2S/c1-18-6-8-20(9-7-18)26-31-32-27(35(26)21-10-11-22(29)23(30)14-21)38-17-25(37)33-12-13-34(19(2)16-33)24(36)15-28(3,4)5/h6-11,14,19H,12-13,15-17H2,1-5H3. The van der Waals surface area contributed by atoms with E-state index >= 15 is 0 Å². The van der Waals surface area contributed by atoms with Gasteiger partial charge >= 0.3 is 0 Å². The van der Waals surface area contributed by atoms with Gasteiger partial charge < -0.3 is 9.80 Å². The van der Waals surface area contributed by atoms with Gasteiger partial charge in [-0.05, 0) is 37.5 Å². The molecule has 4 rings (SSSR count). The van der Waals surface area contributed by atoms with Gasteiger partial charge in [-0.3, -0.25) is 14.2 Å². The quantitative estimate of drug-likeness (QED) is 0.331. The molecule has 0 saturated carbocycles. The van der Waals surface area contributed by atoms with Gasteiger partial charge in [0.1, 0.15) is 0 Å². The van der Waals surface area contributed by atoms with E-state index in [0.29, 0.717) is 47.1 Å². The predicted molar refractivity (Wildman–Crippen MR) is 154 cm³/mol. The molecule has 1 saturated heterocycles. The van der Waals surface area contributed by atoms with Crippen LogP contribution in [-0.4, -0.2) is 67.8 Å². The van der Waals surface area contributed by atoms with Gasteiger partial charge in [0.05, 0.1) is 21.5 Å². The number of aryl methyl sites for hydroxylation is 1. The molecule has 1 aromatic heterocycles. The molecule has 7 nitrogen and oxygen atoms in total.